The van der Waals surface area contributed by atoms with Gasteiger partial charge < -0.3 is 50.3 Å². The molecule has 13 nitrogen and oxygen atoms in total. The number of hydrogen-bond acceptors (Lipinski definition) is 12. The molecule has 2 heterocycles. The highest BCUT2D eigenvalue weighted by Gasteiger charge is 2.70. The number of aliphatic hydroxyl groups is 3. The third-order valence-electron chi connectivity index (χ3n) is 9.24. The van der Waals surface area contributed by atoms with Gasteiger partial charge in [0.05, 0.1) is 18.8 Å². The van der Waals surface area contributed by atoms with Gasteiger partial charge in [0.2, 0.25) is 0 Å². The van der Waals surface area contributed by atoms with Crippen molar-refractivity contribution in [3.05, 3.63) is 59.2 Å². The van der Waals surface area contributed by atoms with E-state index in [2.05, 4.69) is 0 Å². The Bertz CT molecular complexity index is 1580. The number of aliphatic hydroxyl groups excluding tert-OH is 2. The van der Waals surface area contributed by atoms with Crippen molar-refractivity contribution in [1.82, 2.24) is 0 Å². The zero-order valence-electron chi connectivity index (χ0n) is 24.0. The number of carbonyl (C=O) groups excluding carboxylic acids is 2. The van der Waals surface area contributed by atoms with Gasteiger partial charge in [0.15, 0.2) is 40.2 Å². The van der Waals surface area contributed by atoms with Crippen LogP contribution in [0.15, 0.2) is 42.5 Å². The summed E-state index contributed by atoms with van der Waals surface area (Å²) >= 11 is 0. The Balaban J connectivity index is 1.36. The highest BCUT2D eigenvalue weighted by atomic mass is 16.6. The molecular weight excluding hydrogens is 592 g/mol. The monoisotopic (exact) mass is 626 g/mol. The zero-order valence-corrected chi connectivity index (χ0v) is 24.0. The van der Waals surface area contributed by atoms with Crippen LogP contribution in [0.1, 0.15) is 48.8 Å². The van der Waals surface area contributed by atoms with E-state index >= 15 is 0 Å². The number of hydrogen-bond donors (Lipinski definition) is 8. The Labute approximate surface area is 256 Å². The maximum atomic E-state index is 13.5. The molecule has 0 radical (unpaired) electrons. The van der Waals surface area contributed by atoms with Crippen LogP contribution in [-0.4, -0.2) is 94.0 Å². The van der Waals surface area contributed by atoms with Crippen LogP contribution in [0.25, 0.3) is 12.2 Å². The largest absolute Gasteiger partial charge is 0.504 e. The number of carbonyl (C=O) groups is 3. The van der Waals surface area contributed by atoms with Crippen LogP contribution in [0.5, 0.6) is 23.0 Å². The van der Waals surface area contributed by atoms with Gasteiger partial charge in [-0.3, -0.25) is 9.59 Å². The van der Waals surface area contributed by atoms with Gasteiger partial charge in [-0.1, -0.05) is 18.2 Å². The number of fused-ring (bicyclic) bond motifs is 1. The van der Waals surface area contributed by atoms with Crippen molar-refractivity contribution in [3.63, 3.8) is 0 Å². The molecule has 8 N–H and O–H groups in total. The van der Waals surface area contributed by atoms with Crippen molar-refractivity contribution in [2.45, 2.75) is 67.7 Å². The summed E-state index contributed by atoms with van der Waals surface area (Å²) in [5, 5.41) is 81.2. The minimum atomic E-state index is -2.13. The molecule has 2 aromatic rings. The first-order valence-corrected chi connectivity index (χ1v) is 14.3. The lowest BCUT2D eigenvalue weighted by Crippen LogP contribution is -2.75. The second kappa shape index (κ2) is 11.9. The number of rotatable bonds is 10. The fourth-order valence-corrected chi connectivity index (χ4v) is 6.66. The molecule has 3 fully saturated rings. The molecule has 2 aromatic carbocycles. The lowest BCUT2D eigenvalue weighted by molar-refractivity contribution is -0.323. The molecule has 3 aliphatic rings. The summed E-state index contributed by atoms with van der Waals surface area (Å²) in [6.07, 6.45) is 1.56. The Morgan fingerprint density at radius 3 is 2.33 bits per heavy atom. The topological polar surface area (TPSA) is 232 Å². The molecule has 2 saturated heterocycles. The number of benzene rings is 2. The van der Waals surface area contributed by atoms with Crippen molar-refractivity contribution < 1.29 is 64.7 Å². The third-order valence-corrected chi connectivity index (χ3v) is 9.24. The second-order valence-electron chi connectivity index (χ2n) is 11.8. The average Bonchev–Trinajstić information content (AvgIpc) is 3.01. The van der Waals surface area contributed by atoms with E-state index in [1.165, 1.54) is 42.5 Å². The summed E-state index contributed by atoms with van der Waals surface area (Å²) in [5.74, 6) is -5.26. The van der Waals surface area contributed by atoms with Crippen LogP contribution in [0.4, 0.5) is 0 Å². The zero-order chi connectivity index (χ0) is 32.7. The Kier molecular flexibility index (Phi) is 8.51. The molecule has 5 rings (SSSR count). The number of ketones is 2. The van der Waals surface area contributed by atoms with Crippen molar-refractivity contribution in [3.8, 4) is 23.0 Å². The number of phenols is 4. The Hall–Kier alpha value is -4.27. The van der Waals surface area contributed by atoms with Gasteiger partial charge in [-0.25, -0.2) is 4.79 Å². The lowest BCUT2D eigenvalue weighted by Gasteiger charge is -2.61. The number of ether oxygens (including phenoxy) is 2. The van der Waals surface area contributed by atoms with E-state index in [-0.39, 0.29) is 42.6 Å². The normalized spacial score (nSPS) is 30.9. The number of aromatic hydroxyl groups is 4. The van der Waals surface area contributed by atoms with Crippen LogP contribution in [-0.2, 0) is 30.5 Å². The lowest BCUT2D eigenvalue weighted by atomic mass is 9.56. The smallest absolute Gasteiger partial charge is 0.336 e. The van der Waals surface area contributed by atoms with Crippen molar-refractivity contribution >= 4 is 29.7 Å². The predicted molar refractivity (Wildman–Crippen MR) is 155 cm³/mol. The van der Waals surface area contributed by atoms with Crippen LogP contribution >= 0.6 is 0 Å². The molecule has 2 aliphatic heterocycles. The van der Waals surface area contributed by atoms with Gasteiger partial charge in [0.25, 0.3) is 0 Å². The first-order chi connectivity index (χ1) is 21.2. The fraction of sp³-hybridized carbons (Fsp3) is 0.406. The molecule has 1 saturated carbocycles. The summed E-state index contributed by atoms with van der Waals surface area (Å²) in [5.41, 5.74) is -4.56. The van der Waals surface area contributed by atoms with Gasteiger partial charge >= 0.3 is 5.97 Å². The van der Waals surface area contributed by atoms with Crippen LogP contribution in [0.3, 0.4) is 0 Å². The summed E-state index contributed by atoms with van der Waals surface area (Å²) in [7, 11) is 0. The summed E-state index contributed by atoms with van der Waals surface area (Å²) < 4.78 is 12.0. The van der Waals surface area contributed by atoms with Crippen LogP contribution in [0, 0.1) is 5.92 Å². The molecule has 0 amide bonds. The Morgan fingerprint density at radius 2 is 1.64 bits per heavy atom. The summed E-state index contributed by atoms with van der Waals surface area (Å²) in [4.78, 5) is 38.9. The van der Waals surface area contributed by atoms with Gasteiger partial charge in [0, 0.05) is 12.3 Å². The first kappa shape index (κ1) is 32.1. The van der Waals surface area contributed by atoms with Crippen molar-refractivity contribution in [1.29, 1.82) is 0 Å². The first-order valence-electron chi connectivity index (χ1n) is 14.3. The van der Waals surface area contributed by atoms with E-state index in [1.54, 1.807) is 0 Å². The summed E-state index contributed by atoms with van der Waals surface area (Å²) in [6, 6.07) is 6.25. The number of phenolic OH excluding ortho intramolecular Hbond substituents is 4. The van der Waals surface area contributed by atoms with E-state index in [1.807, 2.05) is 0 Å². The van der Waals surface area contributed by atoms with E-state index in [0.717, 1.165) is 12.1 Å². The summed E-state index contributed by atoms with van der Waals surface area (Å²) in [6.45, 7) is -1.17. The van der Waals surface area contributed by atoms with Crippen molar-refractivity contribution in [2.24, 2.45) is 5.92 Å². The van der Waals surface area contributed by atoms with E-state index < -0.39 is 89.3 Å². The molecule has 45 heavy (non-hydrogen) atoms. The molecule has 0 unspecified atom stereocenters. The molecule has 6 atom stereocenters. The van der Waals surface area contributed by atoms with E-state index in [9.17, 15) is 55.2 Å². The van der Waals surface area contributed by atoms with Crippen molar-refractivity contribution in [2.75, 3.05) is 6.61 Å². The fourth-order valence-electron chi connectivity index (χ4n) is 6.66. The molecule has 13 heteroatoms. The van der Waals surface area contributed by atoms with Crippen LogP contribution < -0.4 is 0 Å². The third kappa shape index (κ3) is 5.69. The highest BCUT2D eigenvalue weighted by Crippen LogP contribution is 2.56. The van der Waals surface area contributed by atoms with Crippen LogP contribution in [0.2, 0.25) is 0 Å². The number of carboxylic acid groups (broad SMARTS) is 1. The minimum absolute atomic E-state index is 0.0255. The predicted octanol–water partition coefficient (Wildman–Crippen LogP) is 1.53. The molecule has 0 aromatic heterocycles. The number of carboxylic acids is 1. The molecule has 0 spiro atoms. The van der Waals surface area contributed by atoms with Gasteiger partial charge in [-0.2, -0.15) is 0 Å². The molecule has 2 bridgehead atoms. The van der Waals surface area contributed by atoms with Gasteiger partial charge in [0.1, 0.15) is 17.8 Å². The molecule has 240 valence electrons. The second-order valence-corrected chi connectivity index (χ2v) is 11.8. The van der Waals surface area contributed by atoms with E-state index in [0.29, 0.717) is 5.56 Å². The Morgan fingerprint density at radius 1 is 0.933 bits per heavy atom. The highest BCUT2D eigenvalue weighted by molar-refractivity contribution is 6.00. The molecule has 1 aliphatic carbocycles. The maximum absolute atomic E-state index is 13.5. The number of aliphatic carboxylic acids is 1. The maximum Gasteiger partial charge on any atom is 0.336 e. The average molecular weight is 627 g/mol. The van der Waals surface area contributed by atoms with Gasteiger partial charge in [-0.05, 0) is 78.8 Å². The molecular formula is C32H34O13. The SMILES string of the molecule is O=C(C=Cc1ccc(O)c(O)c1)CO[C@]1(C(=O)O)C[C@@H](O)[C@@]2(O)CC[C@@]3(C(=O)C=Cc4cc(O)c(O)cc4CO)CC[C@H]1[C@H]2O3. The quantitative estimate of drug-likeness (QED) is 0.138. The minimum Gasteiger partial charge on any atom is -0.504 e. The van der Waals surface area contributed by atoms with Gasteiger partial charge in [-0.15, -0.1) is 0 Å². The van der Waals surface area contributed by atoms with E-state index in [4.69, 9.17) is 9.47 Å². The standard InChI is InChI=1S/C32H34O13/c33-15-19-13-25(38)24(37)12-18(19)3-6-26(39)30-8-7-21-28(45-30)31(43,10-9-30)27(40)14-32(21,29(41)42)44-16-20(34)4-1-17-2-5-22(35)23(36)11-17/h1-6,11-13,21,27-28,33,35-38,40,43H,7-10,14-16H2,(H,41,42)/t21-,27+,28+,30+,31-,32+/m0/s1.